The van der Waals surface area contributed by atoms with E-state index in [-0.39, 0.29) is 17.7 Å². The van der Waals surface area contributed by atoms with Crippen LogP contribution in [0, 0.1) is 17.8 Å². The van der Waals surface area contributed by atoms with E-state index in [1.54, 1.807) is 0 Å². The van der Waals surface area contributed by atoms with Crippen LogP contribution in [0.5, 0.6) is 0 Å². The highest BCUT2D eigenvalue weighted by Crippen LogP contribution is 2.31. The molecule has 23 heavy (non-hydrogen) atoms. The second kappa shape index (κ2) is 6.42. The minimum absolute atomic E-state index is 0.0996. The van der Waals surface area contributed by atoms with Crippen molar-refractivity contribution in [2.75, 3.05) is 32.7 Å². The quantitative estimate of drug-likeness (QED) is 0.801. The molecule has 4 rings (SSSR count). The van der Waals surface area contributed by atoms with Crippen molar-refractivity contribution in [1.29, 1.82) is 0 Å². The fraction of sp³-hybridized carbons (Fsp3) is 0.889. The molecule has 0 aromatic heterocycles. The molecule has 5 nitrogen and oxygen atoms in total. The fourth-order valence-electron chi connectivity index (χ4n) is 4.00. The monoisotopic (exact) mass is 319 g/mol. The van der Waals surface area contributed by atoms with E-state index in [9.17, 15) is 9.59 Å². The maximum Gasteiger partial charge on any atom is 0.225 e. The Labute approximate surface area is 138 Å². The summed E-state index contributed by atoms with van der Waals surface area (Å²) in [4.78, 5) is 28.9. The Morgan fingerprint density at radius 2 is 1.70 bits per heavy atom. The topological polar surface area (TPSA) is 52.7 Å². The molecule has 4 aliphatic rings. The van der Waals surface area contributed by atoms with E-state index >= 15 is 0 Å². The van der Waals surface area contributed by atoms with Crippen molar-refractivity contribution in [3.8, 4) is 0 Å². The third kappa shape index (κ3) is 4.06. The Hall–Kier alpha value is -1.10. The number of amides is 2. The van der Waals surface area contributed by atoms with Gasteiger partial charge in [0.05, 0.1) is 5.92 Å². The number of carbonyl (C=O) groups is 2. The summed E-state index contributed by atoms with van der Waals surface area (Å²) in [5.74, 6) is 1.76. The zero-order valence-corrected chi connectivity index (χ0v) is 14.0. The van der Waals surface area contributed by atoms with Crippen LogP contribution in [0.4, 0.5) is 0 Å². The van der Waals surface area contributed by atoms with Crippen molar-refractivity contribution in [2.24, 2.45) is 17.8 Å². The molecule has 5 heteroatoms. The normalized spacial score (nSPS) is 30.0. The van der Waals surface area contributed by atoms with Gasteiger partial charge in [0.1, 0.15) is 0 Å². The first-order valence-corrected chi connectivity index (χ1v) is 9.48. The summed E-state index contributed by atoms with van der Waals surface area (Å²) in [5, 5.41) is 3.05. The zero-order chi connectivity index (χ0) is 15.8. The van der Waals surface area contributed by atoms with E-state index in [4.69, 9.17) is 0 Å². The molecule has 4 fully saturated rings. The Kier molecular flexibility index (Phi) is 4.31. The van der Waals surface area contributed by atoms with Crippen LogP contribution in [0.2, 0.25) is 0 Å². The van der Waals surface area contributed by atoms with Gasteiger partial charge in [-0.2, -0.15) is 0 Å². The Balaban J connectivity index is 1.21. The van der Waals surface area contributed by atoms with Crippen LogP contribution in [0.3, 0.4) is 0 Å². The lowest BCUT2D eigenvalue weighted by molar-refractivity contribution is -0.129. The average molecular weight is 319 g/mol. The van der Waals surface area contributed by atoms with Gasteiger partial charge in [0, 0.05) is 32.1 Å². The van der Waals surface area contributed by atoms with Gasteiger partial charge in [-0.05, 0) is 63.5 Å². The second-order valence-electron chi connectivity index (χ2n) is 8.17. The van der Waals surface area contributed by atoms with Gasteiger partial charge in [-0.15, -0.1) is 0 Å². The zero-order valence-electron chi connectivity index (χ0n) is 14.0. The predicted molar refractivity (Wildman–Crippen MR) is 87.7 cm³/mol. The highest BCUT2D eigenvalue weighted by molar-refractivity contribution is 5.89. The minimum atomic E-state index is -0.113. The molecule has 2 aliphatic heterocycles. The number of nitrogens with zero attached hydrogens (tertiary/aromatic N) is 2. The molecule has 0 spiro atoms. The maximum absolute atomic E-state index is 12.2. The van der Waals surface area contributed by atoms with Crippen molar-refractivity contribution >= 4 is 11.8 Å². The van der Waals surface area contributed by atoms with Crippen LogP contribution < -0.4 is 5.32 Å². The number of hydrogen-bond donors (Lipinski definition) is 1. The van der Waals surface area contributed by atoms with E-state index in [0.717, 1.165) is 25.3 Å². The maximum atomic E-state index is 12.2. The standard InChI is InChI=1S/C18H29N3O2/c22-17-9-15(18(23)19-16-3-4-16)12-21(17)11-14-5-7-20(8-6-14)10-13-1-2-13/h13-16H,1-12H2,(H,19,23). The van der Waals surface area contributed by atoms with Gasteiger partial charge in [-0.3, -0.25) is 9.59 Å². The SMILES string of the molecule is O=C(NC1CC1)C1CC(=O)N(CC2CCN(CC3CC3)CC2)C1. The minimum Gasteiger partial charge on any atom is -0.353 e. The first-order valence-electron chi connectivity index (χ1n) is 9.48. The van der Waals surface area contributed by atoms with Crippen molar-refractivity contribution < 1.29 is 9.59 Å². The number of hydrogen-bond acceptors (Lipinski definition) is 3. The van der Waals surface area contributed by atoms with Crippen LogP contribution in [0.15, 0.2) is 0 Å². The average Bonchev–Trinajstić information content (AvgIpc) is 3.45. The number of rotatable bonds is 6. The van der Waals surface area contributed by atoms with Gasteiger partial charge in [0.25, 0.3) is 0 Å². The number of piperidine rings is 1. The molecular weight excluding hydrogens is 290 g/mol. The number of likely N-dealkylation sites (tertiary alicyclic amines) is 2. The van der Waals surface area contributed by atoms with E-state index in [1.807, 2.05) is 4.90 Å². The van der Waals surface area contributed by atoms with Gasteiger partial charge < -0.3 is 15.1 Å². The summed E-state index contributed by atoms with van der Waals surface area (Å²) in [6.45, 7) is 5.17. The van der Waals surface area contributed by atoms with Crippen LogP contribution in [-0.2, 0) is 9.59 Å². The van der Waals surface area contributed by atoms with Gasteiger partial charge >= 0.3 is 0 Å². The molecule has 128 valence electrons. The van der Waals surface area contributed by atoms with Crippen molar-refractivity contribution in [2.45, 2.75) is 51.0 Å². The molecule has 1 unspecified atom stereocenters. The first-order chi connectivity index (χ1) is 11.2. The molecule has 0 aromatic rings. The Morgan fingerprint density at radius 1 is 1.00 bits per heavy atom. The summed E-state index contributed by atoms with van der Waals surface area (Å²) in [6.07, 6.45) is 7.88. The molecule has 1 atom stereocenters. The molecule has 1 N–H and O–H groups in total. The smallest absolute Gasteiger partial charge is 0.225 e. The van der Waals surface area contributed by atoms with Gasteiger partial charge in [-0.1, -0.05) is 0 Å². The van der Waals surface area contributed by atoms with Crippen molar-refractivity contribution in [1.82, 2.24) is 15.1 Å². The third-order valence-corrected chi connectivity index (χ3v) is 5.91. The van der Waals surface area contributed by atoms with Gasteiger partial charge in [-0.25, -0.2) is 0 Å². The summed E-state index contributed by atoms with van der Waals surface area (Å²) in [7, 11) is 0. The van der Waals surface area contributed by atoms with E-state index in [2.05, 4.69) is 10.2 Å². The van der Waals surface area contributed by atoms with Gasteiger partial charge in [0.15, 0.2) is 0 Å². The number of nitrogens with one attached hydrogen (secondary N) is 1. The summed E-state index contributed by atoms with van der Waals surface area (Å²) < 4.78 is 0. The molecular formula is C18H29N3O2. The van der Waals surface area contributed by atoms with Crippen LogP contribution in [0.1, 0.15) is 44.9 Å². The van der Waals surface area contributed by atoms with Crippen molar-refractivity contribution in [3.05, 3.63) is 0 Å². The van der Waals surface area contributed by atoms with E-state index < -0.39 is 0 Å². The molecule has 2 aliphatic carbocycles. The molecule has 0 bridgehead atoms. The van der Waals surface area contributed by atoms with Crippen LogP contribution in [0.25, 0.3) is 0 Å². The van der Waals surface area contributed by atoms with Crippen LogP contribution in [-0.4, -0.2) is 60.4 Å². The Bertz CT molecular complexity index is 465. The highest BCUT2D eigenvalue weighted by atomic mass is 16.2. The molecule has 2 amide bonds. The lowest BCUT2D eigenvalue weighted by Crippen LogP contribution is -2.40. The second-order valence-corrected chi connectivity index (χ2v) is 8.17. The summed E-state index contributed by atoms with van der Waals surface area (Å²) >= 11 is 0. The van der Waals surface area contributed by atoms with E-state index in [0.29, 0.717) is 24.9 Å². The van der Waals surface area contributed by atoms with Crippen LogP contribution >= 0.6 is 0 Å². The van der Waals surface area contributed by atoms with E-state index in [1.165, 1.54) is 45.3 Å². The Morgan fingerprint density at radius 3 is 2.35 bits per heavy atom. The molecule has 2 saturated heterocycles. The van der Waals surface area contributed by atoms with Gasteiger partial charge in [0.2, 0.25) is 11.8 Å². The third-order valence-electron chi connectivity index (χ3n) is 5.91. The molecule has 0 aromatic carbocycles. The highest BCUT2D eigenvalue weighted by Gasteiger charge is 2.37. The predicted octanol–water partition coefficient (Wildman–Crippen LogP) is 1.24. The molecule has 2 saturated carbocycles. The lowest BCUT2D eigenvalue weighted by atomic mass is 9.96. The number of carbonyl (C=O) groups excluding carboxylic acids is 2. The summed E-state index contributed by atoms with van der Waals surface area (Å²) in [6, 6.07) is 0.391. The largest absolute Gasteiger partial charge is 0.353 e. The molecule has 2 heterocycles. The van der Waals surface area contributed by atoms with Crippen molar-refractivity contribution in [3.63, 3.8) is 0 Å². The fourth-order valence-corrected chi connectivity index (χ4v) is 4.00. The lowest BCUT2D eigenvalue weighted by Gasteiger charge is -2.34. The molecule has 0 radical (unpaired) electrons. The first kappa shape index (κ1) is 15.4. The summed E-state index contributed by atoms with van der Waals surface area (Å²) in [5.41, 5.74) is 0.